The lowest BCUT2D eigenvalue weighted by molar-refractivity contribution is -0.121. The molecule has 2 aliphatic heterocycles. The van der Waals surface area contributed by atoms with Gasteiger partial charge in [0.25, 0.3) is 0 Å². The van der Waals surface area contributed by atoms with Crippen molar-refractivity contribution in [3.63, 3.8) is 0 Å². The van der Waals surface area contributed by atoms with Gasteiger partial charge in [-0.1, -0.05) is 30.7 Å². The van der Waals surface area contributed by atoms with Crippen LogP contribution in [0, 0.1) is 0 Å². The normalized spacial score (nSPS) is 17.8. The number of rotatable bonds is 10. The second-order valence-electron chi connectivity index (χ2n) is 9.46. The predicted octanol–water partition coefficient (Wildman–Crippen LogP) is 2.94. The largest absolute Gasteiger partial charge is 0.356 e. The maximum Gasteiger partial charge on any atom is 0.243 e. The van der Waals surface area contributed by atoms with Crippen LogP contribution in [0.15, 0.2) is 58.3 Å². The van der Waals surface area contributed by atoms with Crippen LogP contribution in [0.2, 0.25) is 0 Å². The van der Waals surface area contributed by atoms with Gasteiger partial charge in [-0.15, -0.1) is 0 Å². The molecule has 196 valence electrons. The van der Waals surface area contributed by atoms with Crippen LogP contribution >= 0.6 is 0 Å². The molecule has 0 atom stereocenters. The van der Waals surface area contributed by atoms with E-state index >= 15 is 0 Å². The summed E-state index contributed by atoms with van der Waals surface area (Å²) in [4.78, 5) is 12.9. The van der Waals surface area contributed by atoms with Crippen molar-refractivity contribution in [2.75, 3.05) is 32.7 Å². The number of nitrogens with zero attached hydrogens (tertiary/aromatic N) is 2. The summed E-state index contributed by atoms with van der Waals surface area (Å²) >= 11 is 0. The number of piperidine rings is 1. The molecule has 8 nitrogen and oxygen atoms in total. The van der Waals surface area contributed by atoms with Crippen molar-refractivity contribution in [3.8, 4) is 0 Å². The zero-order valence-corrected chi connectivity index (χ0v) is 22.2. The van der Waals surface area contributed by atoms with Crippen LogP contribution < -0.4 is 5.32 Å². The van der Waals surface area contributed by atoms with E-state index in [0.717, 1.165) is 43.2 Å². The molecule has 1 amide bonds. The van der Waals surface area contributed by atoms with Crippen LogP contribution in [0.4, 0.5) is 0 Å². The van der Waals surface area contributed by atoms with Gasteiger partial charge < -0.3 is 5.32 Å². The van der Waals surface area contributed by atoms with E-state index in [2.05, 4.69) is 5.32 Å². The van der Waals surface area contributed by atoms with E-state index in [-0.39, 0.29) is 5.91 Å². The Bertz CT molecular complexity index is 1230. The monoisotopic (exact) mass is 533 g/mol. The molecule has 0 unspecified atom stereocenters. The molecule has 2 saturated heterocycles. The Morgan fingerprint density at radius 2 is 1.06 bits per heavy atom. The van der Waals surface area contributed by atoms with Gasteiger partial charge in [-0.05, 0) is 73.9 Å². The summed E-state index contributed by atoms with van der Waals surface area (Å²) in [5.74, 6) is -0.0757. The lowest BCUT2D eigenvalue weighted by Crippen LogP contribution is -2.35. The molecule has 0 spiro atoms. The molecule has 2 aromatic carbocycles. The Morgan fingerprint density at radius 3 is 1.53 bits per heavy atom. The average Bonchev–Trinajstić information content (AvgIpc) is 3.45. The standard InChI is InChI=1S/C26H35N3O5S2/c30-26(15-10-22-6-11-24(12-7-22)35(31,32)28-18-2-1-3-19-28)27-17-16-23-8-13-25(14-9-23)36(33,34)29-20-4-5-21-29/h6-9,11-14H,1-5,10,15-21H2,(H,27,30). The molecule has 0 bridgehead atoms. The van der Waals surface area contributed by atoms with Crippen molar-refractivity contribution in [1.82, 2.24) is 13.9 Å². The minimum Gasteiger partial charge on any atom is -0.356 e. The molecule has 2 aliphatic rings. The molecule has 2 fully saturated rings. The molecular formula is C26H35N3O5S2. The Morgan fingerprint density at radius 1 is 0.639 bits per heavy atom. The van der Waals surface area contributed by atoms with Crippen molar-refractivity contribution < 1.29 is 21.6 Å². The van der Waals surface area contributed by atoms with Crippen molar-refractivity contribution in [2.45, 2.75) is 61.2 Å². The molecule has 0 aliphatic carbocycles. The summed E-state index contributed by atoms with van der Waals surface area (Å²) in [6.07, 6.45) is 6.13. The van der Waals surface area contributed by atoms with E-state index in [0.29, 0.717) is 61.8 Å². The second-order valence-corrected chi connectivity index (χ2v) is 13.3. The number of nitrogens with one attached hydrogen (secondary N) is 1. The summed E-state index contributed by atoms with van der Waals surface area (Å²) in [7, 11) is -6.86. The molecule has 1 N–H and O–H groups in total. The third kappa shape index (κ3) is 6.53. The maximum absolute atomic E-state index is 12.8. The quantitative estimate of drug-likeness (QED) is 0.506. The molecule has 36 heavy (non-hydrogen) atoms. The van der Waals surface area contributed by atoms with Gasteiger partial charge in [0.2, 0.25) is 26.0 Å². The van der Waals surface area contributed by atoms with Crippen LogP contribution in [-0.4, -0.2) is 64.1 Å². The molecule has 2 aromatic rings. The van der Waals surface area contributed by atoms with E-state index in [1.165, 1.54) is 4.31 Å². The van der Waals surface area contributed by atoms with Crippen LogP contribution in [-0.2, 0) is 37.7 Å². The molecule has 2 heterocycles. The van der Waals surface area contributed by atoms with Crippen LogP contribution in [0.1, 0.15) is 49.7 Å². The third-order valence-electron chi connectivity index (χ3n) is 6.88. The second kappa shape index (κ2) is 11.9. The first-order valence-electron chi connectivity index (χ1n) is 12.7. The van der Waals surface area contributed by atoms with Gasteiger partial charge in [0.05, 0.1) is 9.79 Å². The minimum atomic E-state index is -3.45. The average molecular weight is 534 g/mol. The highest BCUT2D eigenvalue weighted by atomic mass is 32.2. The molecule has 0 saturated carbocycles. The van der Waals surface area contributed by atoms with Gasteiger partial charge in [-0.3, -0.25) is 4.79 Å². The number of benzene rings is 2. The number of carbonyl (C=O) groups excluding carboxylic acids is 1. The van der Waals surface area contributed by atoms with Gasteiger partial charge in [0, 0.05) is 39.1 Å². The van der Waals surface area contributed by atoms with Crippen LogP contribution in [0.5, 0.6) is 0 Å². The highest BCUT2D eigenvalue weighted by Gasteiger charge is 2.27. The van der Waals surface area contributed by atoms with Crippen LogP contribution in [0.25, 0.3) is 0 Å². The van der Waals surface area contributed by atoms with Crippen molar-refractivity contribution in [3.05, 3.63) is 59.7 Å². The summed E-state index contributed by atoms with van der Waals surface area (Å²) in [6.45, 7) is 2.78. The zero-order chi connectivity index (χ0) is 25.6. The highest BCUT2D eigenvalue weighted by Crippen LogP contribution is 2.22. The number of amides is 1. The highest BCUT2D eigenvalue weighted by molar-refractivity contribution is 7.89. The Hall–Kier alpha value is -2.27. The zero-order valence-electron chi connectivity index (χ0n) is 20.6. The lowest BCUT2D eigenvalue weighted by Gasteiger charge is -2.25. The number of sulfonamides is 2. The molecule has 0 aromatic heterocycles. The Balaban J connectivity index is 1.20. The molecule has 4 rings (SSSR count). The summed E-state index contributed by atoms with van der Waals surface area (Å²) in [6, 6.07) is 13.7. The van der Waals surface area contributed by atoms with E-state index in [1.54, 1.807) is 52.8 Å². The van der Waals surface area contributed by atoms with Gasteiger partial charge in [-0.2, -0.15) is 8.61 Å². The Labute approximate surface area is 214 Å². The molecule has 10 heteroatoms. The topological polar surface area (TPSA) is 104 Å². The first-order valence-corrected chi connectivity index (χ1v) is 15.6. The van der Waals surface area contributed by atoms with Gasteiger partial charge in [-0.25, -0.2) is 16.8 Å². The number of aryl methyl sites for hydroxylation is 1. The smallest absolute Gasteiger partial charge is 0.243 e. The summed E-state index contributed by atoms with van der Waals surface area (Å²) in [5.41, 5.74) is 1.87. The first kappa shape index (κ1) is 26.8. The van der Waals surface area contributed by atoms with Gasteiger partial charge in [0.1, 0.15) is 0 Å². The fourth-order valence-electron chi connectivity index (χ4n) is 4.68. The number of carbonyl (C=O) groups is 1. The van der Waals surface area contributed by atoms with E-state index in [4.69, 9.17) is 0 Å². The number of hydrogen-bond donors (Lipinski definition) is 1. The molecule has 0 radical (unpaired) electrons. The number of hydrogen-bond acceptors (Lipinski definition) is 5. The van der Waals surface area contributed by atoms with Crippen LogP contribution in [0.3, 0.4) is 0 Å². The predicted molar refractivity (Wildman–Crippen MR) is 139 cm³/mol. The first-order chi connectivity index (χ1) is 17.3. The SMILES string of the molecule is O=C(CCc1ccc(S(=O)(=O)N2CCCCC2)cc1)NCCc1ccc(S(=O)(=O)N2CCCC2)cc1. The fourth-order valence-corrected chi connectivity index (χ4v) is 7.71. The van der Waals surface area contributed by atoms with E-state index < -0.39 is 20.0 Å². The fraction of sp³-hybridized carbons (Fsp3) is 0.500. The summed E-state index contributed by atoms with van der Waals surface area (Å²) in [5, 5.41) is 2.90. The minimum absolute atomic E-state index is 0.0757. The lowest BCUT2D eigenvalue weighted by atomic mass is 10.1. The van der Waals surface area contributed by atoms with E-state index in [1.807, 2.05) is 0 Å². The Kier molecular flexibility index (Phi) is 8.82. The van der Waals surface area contributed by atoms with Crippen molar-refractivity contribution in [2.24, 2.45) is 0 Å². The maximum atomic E-state index is 12.8. The van der Waals surface area contributed by atoms with Crippen molar-refractivity contribution in [1.29, 1.82) is 0 Å². The molecular weight excluding hydrogens is 498 g/mol. The van der Waals surface area contributed by atoms with E-state index in [9.17, 15) is 21.6 Å². The third-order valence-corrected chi connectivity index (χ3v) is 10.7. The van der Waals surface area contributed by atoms with Gasteiger partial charge in [0.15, 0.2) is 0 Å². The van der Waals surface area contributed by atoms with Crippen molar-refractivity contribution >= 4 is 26.0 Å². The summed E-state index contributed by atoms with van der Waals surface area (Å²) < 4.78 is 53.8. The van der Waals surface area contributed by atoms with Gasteiger partial charge >= 0.3 is 0 Å².